The van der Waals surface area contributed by atoms with Gasteiger partial charge in [-0.3, -0.25) is 0 Å². The van der Waals surface area contributed by atoms with E-state index in [1.54, 1.807) is 6.92 Å². The minimum atomic E-state index is -4.15. The summed E-state index contributed by atoms with van der Waals surface area (Å²) in [5.41, 5.74) is -0.882. The highest BCUT2D eigenvalue weighted by Crippen LogP contribution is 2.38. The summed E-state index contributed by atoms with van der Waals surface area (Å²) in [6.45, 7) is 4.44. The van der Waals surface area contributed by atoms with Crippen molar-refractivity contribution in [3.05, 3.63) is 0 Å². The van der Waals surface area contributed by atoms with Gasteiger partial charge in [-0.05, 0) is 11.3 Å². The Morgan fingerprint density at radius 2 is 1.67 bits per heavy atom. The Kier molecular flexibility index (Phi) is 3.57. The summed E-state index contributed by atoms with van der Waals surface area (Å²) in [6.07, 6.45) is -4.99. The standard InChI is InChI=1S/C8H15F3O/c1-6(4-12)7(2,3)5-8(9,10)11/h6,12H,4-5H2,1-3H3. The quantitative estimate of drug-likeness (QED) is 0.714. The Morgan fingerprint density at radius 1 is 1.25 bits per heavy atom. The molecule has 0 radical (unpaired) electrons. The van der Waals surface area contributed by atoms with Gasteiger partial charge in [-0.25, -0.2) is 0 Å². The molecule has 0 saturated carbocycles. The van der Waals surface area contributed by atoms with Crippen LogP contribution in [0.25, 0.3) is 0 Å². The van der Waals surface area contributed by atoms with Gasteiger partial charge in [0.25, 0.3) is 0 Å². The minimum Gasteiger partial charge on any atom is -0.396 e. The van der Waals surface area contributed by atoms with Gasteiger partial charge >= 0.3 is 6.18 Å². The molecule has 0 amide bonds. The molecule has 0 aromatic carbocycles. The van der Waals surface area contributed by atoms with Crippen LogP contribution in [0.1, 0.15) is 27.2 Å². The summed E-state index contributed by atoms with van der Waals surface area (Å²) in [5, 5.41) is 8.70. The molecule has 1 N–H and O–H groups in total. The van der Waals surface area contributed by atoms with Crippen molar-refractivity contribution in [2.45, 2.75) is 33.4 Å². The molecule has 74 valence electrons. The Balaban J connectivity index is 4.22. The number of hydrogen-bond donors (Lipinski definition) is 1. The van der Waals surface area contributed by atoms with Crippen LogP contribution < -0.4 is 0 Å². The van der Waals surface area contributed by atoms with Crippen molar-refractivity contribution >= 4 is 0 Å². The van der Waals surface area contributed by atoms with Crippen molar-refractivity contribution < 1.29 is 18.3 Å². The average molecular weight is 184 g/mol. The molecule has 0 heterocycles. The minimum absolute atomic E-state index is 0.205. The van der Waals surface area contributed by atoms with E-state index in [1.807, 2.05) is 0 Å². The molecule has 4 heteroatoms. The number of aliphatic hydroxyl groups excluding tert-OH is 1. The van der Waals surface area contributed by atoms with Gasteiger partial charge in [-0.15, -0.1) is 0 Å². The van der Waals surface area contributed by atoms with E-state index >= 15 is 0 Å². The predicted molar refractivity (Wildman–Crippen MR) is 40.7 cm³/mol. The molecule has 0 bridgehead atoms. The first-order valence-electron chi connectivity index (χ1n) is 3.86. The summed E-state index contributed by atoms with van der Waals surface area (Å²) < 4.78 is 35.9. The molecule has 12 heavy (non-hydrogen) atoms. The highest BCUT2D eigenvalue weighted by Gasteiger charge is 2.39. The Labute approximate surface area is 70.6 Å². The van der Waals surface area contributed by atoms with Gasteiger partial charge in [0.2, 0.25) is 0 Å². The lowest BCUT2D eigenvalue weighted by atomic mass is 9.77. The summed E-state index contributed by atoms with van der Waals surface area (Å²) in [4.78, 5) is 0. The highest BCUT2D eigenvalue weighted by molar-refractivity contribution is 4.77. The van der Waals surface area contributed by atoms with Gasteiger partial charge in [0.1, 0.15) is 0 Å². The molecule has 0 aliphatic heterocycles. The molecule has 0 aromatic heterocycles. The smallest absolute Gasteiger partial charge is 0.389 e. The van der Waals surface area contributed by atoms with E-state index < -0.39 is 18.0 Å². The monoisotopic (exact) mass is 184 g/mol. The topological polar surface area (TPSA) is 20.2 Å². The normalized spacial score (nSPS) is 16.2. The van der Waals surface area contributed by atoms with E-state index in [0.29, 0.717) is 0 Å². The Hall–Kier alpha value is -0.250. The van der Waals surface area contributed by atoms with Crippen LogP contribution in [-0.4, -0.2) is 17.9 Å². The van der Waals surface area contributed by atoms with Gasteiger partial charge in [-0.2, -0.15) is 13.2 Å². The van der Waals surface area contributed by atoms with Crippen LogP contribution >= 0.6 is 0 Å². The second-order valence-corrected chi connectivity index (χ2v) is 3.86. The molecule has 1 unspecified atom stereocenters. The lowest BCUT2D eigenvalue weighted by Crippen LogP contribution is -2.30. The van der Waals surface area contributed by atoms with Crippen LogP contribution in [-0.2, 0) is 0 Å². The average Bonchev–Trinajstić information content (AvgIpc) is 1.80. The van der Waals surface area contributed by atoms with Gasteiger partial charge in [0, 0.05) is 13.0 Å². The fraction of sp³-hybridized carbons (Fsp3) is 1.00. The molecule has 0 aliphatic rings. The predicted octanol–water partition coefficient (Wildman–Crippen LogP) is 2.59. The SMILES string of the molecule is CC(CO)C(C)(C)CC(F)(F)F. The van der Waals surface area contributed by atoms with Crippen molar-refractivity contribution in [2.75, 3.05) is 6.61 Å². The Morgan fingerprint density at radius 3 is 1.92 bits per heavy atom. The molecule has 0 aliphatic carbocycles. The number of rotatable bonds is 3. The molecule has 1 atom stereocenters. The third-order valence-electron chi connectivity index (χ3n) is 2.26. The van der Waals surface area contributed by atoms with E-state index in [9.17, 15) is 13.2 Å². The Bertz CT molecular complexity index is 140. The van der Waals surface area contributed by atoms with Crippen LogP contribution in [0.3, 0.4) is 0 Å². The number of halogens is 3. The van der Waals surface area contributed by atoms with E-state index in [2.05, 4.69) is 0 Å². The van der Waals surface area contributed by atoms with Gasteiger partial charge < -0.3 is 5.11 Å². The largest absolute Gasteiger partial charge is 0.396 e. The zero-order valence-electron chi connectivity index (χ0n) is 7.57. The van der Waals surface area contributed by atoms with E-state index in [4.69, 9.17) is 5.11 Å². The number of aliphatic hydroxyl groups is 1. The van der Waals surface area contributed by atoms with Gasteiger partial charge in [-0.1, -0.05) is 20.8 Å². The fourth-order valence-corrected chi connectivity index (χ4v) is 0.938. The maximum absolute atomic E-state index is 12.0. The zero-order valence-corrected chi connectivity index (χ0v) is 7.57. The molecule has 0 spiro atoms. The van der Waals surface area contributed by atoms with Crippen LogP contribution in [0.15, 0.2) is 0 Å². The van der Waals surface area contributed by atoms with Crippen LogP contribution in [0.4, 0.5) is 13.2 Å². The fourth-order valence-electron chi connectivity index (χ4n) is 0.938. The van der Waals surface area contributed by atoms with E-state index in [1.165, 1.54) is 13.8 Å². The maximum atomic E-state index is 12.0. The summed E-state index contributed by atoms with van der Waals surface area (Å²) in [6, 6.07) is 0. The molecule has 0 fully saturated rings. The van der Waals surface area contributed by atoms with Crippen molar-refractivity contribution in [1.29, 1.82) is 0 Å². The summed E-state index contributed by atoms with van der Waals surface area (Å²) in [5.74, 6) is -0.334. The highest BCUT2D eigenvalue weighted by atomic mass is 19.4. The van der Waals surface area contributed by atoms with Crippen molar-refractivity contribution in [3.63, 3.8) is 0 Å². The third-order valence-corrected chi connectivity index (χ3v) is 2.26. The number of alkyl halides is 3. The number of hydrogen-bond acceptors (Lipinski definition) is 1. The lowest BCUT2D eigenvalue weighted by molar-refractivity contribution is -0.161. The first-order valence-corrected chi connectivity index (χ1v) is 3.86. The molecule has 1 nitrogen and oxygen atoms in total. The molecular formula is C8H15F3O. The third kappa shape index (κ3) is 3.95. The molecule has 0 aromatic rings. The van der Waals surface area contributed by atoms with Crippen molar-refractivity contribution in [1.82, 2.24) is 0 Å². The van der Waals surface area contributed by atoms with Gasteiger partial charge in [0.05, 0.1) is 0 Å². The first-order chi connectivity index (χ1) is 5.19. The van der Waals surface area contributed by atoms with Crippen LogP contribution in [0.2, 0.25) is 0 Å². The molecule has 0 rings (SSSR count). The summed E-state index contributed by atoms with van der Waals surface area (Å²) in [7, 11) is 0. The second-order valence-electron chi connectivity index (χ2n) is 3.86. The lowest BCUT2D eigenvalue weighted by Gasteiger charge is -2.31. The van der Waals surface area contributed by atoms with Crippen LogP contribution in [0.5, 0.6) is 0 Å². The van der Waals surface area contributed by atoms with E-state index in [0.717, 1.165) is 0 Å². The van der Waals surface area contributed by atoms with E-state index in [-0.39, 0.29) is 12.5 Å². The molecular weight excluding hydrogens is 169 g/mol. The first kappa shape index (κ1) is 11.8. The maximum Gasteiger partial charge on any atom is 0.389 e. The van der Waals surface area contributed by atoms with Gasteiger partial charge in [0.15, 0.2) is 0 Å². The van der Waals surface area contributed by atoms with Crippen LogP contribution in [0, 0.1) is 11.3 Å². The zero-order chi connectivity index (χ0) is 9.99. The van der Waals surface area contributed by atoms with Crippen molar-refractivity contribution in [3.8, 4) is 0 Å². The molecule has 0 saturated heterocycles. The second kappa shape index (κ2) is 3.64. The summed E-state index contributed by atoms with van der Waals surface area (Å²) >= 11 is 0. The van der Waals surface area contributed by atoms with Crippen molar-refractivity contribution in [2.24, 2.45) is 11.3 Å².